The highest BCUT2D eigenvalue weighted by Gasteiger charge is 2.36. The molecule has 0 aromatic heterocycles. The molecule has 0 unspecified atom stereocenters. The summed E-state index contributed by atoms with van der Waals surface area (Å²) in [5.74, 6) is -3.49. The normalized spacial score (nSPS) is 19.1. The third-order valence-electron chi connectivity index (χ3n) is 10.2. The van der Waals surface area contributed by atoms with E-state index < -0.39 is 77.9 Å². The van der Waals surface area contributed by atoms with Crippen LogP contribution in [0.1, 0.15) is 65.4 Å². The first kappa shape index (κ1) is 47.5. The lowest BCUT2D eigenvalue weighted by Crippen LogP contribution is -2.63. The Morgan fingerprint density at radius 2 is 1.38 bits per heavy atom. The van der Waals surface area contributed by atoms with Crippen molar-refractivity contribution in [3.05, 3.63) is 78.4 Å². The van der Waals surface area contributed by atoms with Gasteiger partial charge in [0.05, 0.1) is 12.2 Å². The number of hydrogen-bond donors (Lipinski definition) is 9. The van der Waals surface area contributed by atoms with Gasteiger partial charge in [0.25, 0.3) is 0 Å². The maximum atomic E-state index is 13.9. The van der Waals surface area contributed by atoms with Gasteiger partial charge in [-0.3, -0.25) is 28.8 Å². The Morgan fingerprint density at radius 1 is 0.733 bits per heavy atom. The van der Waals surface area contributed by atoms with Gasteiger partial charge in [0.2, 0.25) is 35.4 Å². The Balaban J connectivity index is 1.41. The fourth-order valence-electron chi connectivity index (χ4n) is 6.69. The monoisotopic (exact) mass is 847 g/mol. The van der Waals surface area contributed by atoms with Crippen molar-refractivity contribution >= 4 is 63.7 Å². The fourth-order valence-corrected chi connectivity index (χ4v) is 7.73. The molecule has 3 aromatic carbocycles. The van der Waals surface area contributed by atoms with Gasteiger partial charge in [-0.25, -0.2) is 0 Å². The Labute approximate surface area is 356 Å². The third-order valence-corrected chi connectivity index (χ3v) is 11.3. The number of benzene rings is 3. The topological polar surface area (TPSA) is 227 Å². The molecule has 0 bridgehead atoms. The highest BCUT2D eigenvalue weighted by Crippen LogP contribution is 2.19. The Morgan fingerprint density at radius 3 is 2.08 bits per heavy atom. The van der Waals surface area contributed by atoms with Crippen molar-refractivity contribution in [3.63, 3.8) is 0 Å². The molecule has 0 spiro atoms. The minimum atomic E-state index is -1.53. The second kappa shape index (κ2) is 24.2. The smallest absolute Gasteiger partial charge is 0.245 e. The molecule has 60 heavy (non-hydrogen) atoms. The molecule has 1 aliphatic rings. The summed E-state index contributed by atoms with van der Waals surface area (Å²) in [6.45, 7) is 6.62. The van der Waals surface area contributed by atoms with E-state index in [1.54, 1.807) is 13.8 Å². The largest absolute Gasteiger partial charge is 0.391 e. The summed E-state index contributed by atoms with van der Waals surface area (Å²) in [6, 6.07) is 17.2. The molecule has 1 saturated heterocycles. The number of aliphatic hydroxyl groups excluding tert-OH is 2. The van der Waals surface area contributed by atoms with Crippen LogP contribution >= 0.6 is 11.8 Å². The van der Waals surface area contributed by atoms with Crippen molar-refractivity contribution < 1.29 is 39.0 Å². The lowest BCUT2D eigenvalue weighted by molar-refractivity contribution is -0.137. The van der Waals surface area contributed by atoms with E-state index in [1.165, 1.54) is 25.6 Å². The minimum absolute atomic E-state index is 0.160. The summed E-state index contributed by atoms with van der Waals surface area (Å²) in [6.07, 6.45) is 0.567. The van der Waals surface area contributed by atoms with Crippen LogP contribution in [0.2, 0.25) is 0 Å². The predicted octanol–water partition coefficient (Wildman–Crippen LogP) is 2.15. The summed E-state index contributed by atoms with van der Waals surface area (Å²) in [4.78, 5) is 80.9. The number of aliphatic hydroxyl groups is 2. The van der Waals surface area contributed by atoms with Gasteiger partial charge < -0.3 is 47.4 Å². The molecule has 9 N–H and O–H groups in total. The number of anilines is 1. The molecule has 1 aliphatic heterocycles. The van der Waals surface area contributed by atoms with Crippen molar-refractivity contribution in [1.29, 1.82) is 0 Å². The molecule has 1 fully saturated rings. The van der Waals surface area contributed by atoms with Crippen LogP contribution in [-0.4, -0.2) is 113 Å². The van der Waals surface area contributed by atoms with Crippen LogP contribution in [-0.2, 0) is 35.2 Å². The van der Waals surface area contributed by atoms with Gasteiger partial charge in [-0.15, -0.1) is 0 Å². The van der Waals surface area contributed by atoms with Gasteiger partial charge in [0, 0.05) is 31.0 Å². The molecule has 15 nitrogen and oxygen atoms in total. The van der Waals surface area contributed by atoms with E-state index >= 15 is 0 Å². The highest BCUT2D eigenvalue weighted by molar-refractivity contribution is 7.99. The van der Waals surface area contributed by atoms with E-state index in [9.17, 15) is 39.0 Å². The number of nitrogens with one attached hydrogen (secondary N) is 7. The maximum absolute atomic E-state index is 13.9. The Bertz CT molecular complexity index is 1900. The lowest BCUT2D eigenvalue weighted by Gasteiger charge is -2.29. The Kier molecular flexibility index (Phi) is 19.1. The average molecular weight is 848 g/mol. The summed E-state index contributed by atoms with van der Waals surface area (Å²) in [7, 11) is 0. The molecule has 0 radical (unpaired) electrons. The van der Waals surface area contributed by atoms with Crippen LogP contribution in [0.25, 0.3) is 10.8 Å². The van der Waals surface area contributed by atoms with E-state index in [-0.39, 0.29) is 31.0 Å². The fraction of sp³-hybridized carbons (Fsp3) is 0.500. The van der Waals surface area contributed by atoms with Gasteiger partial charge >= 0.3 is 0 Å². The molecule has 7 atom stereocenters. The van der Waals surface area contributed by atoms with E-state index in [2.05, 4.69) is 37.2 Å². The van der Waals surface area contributed by atoms with Gasteiger partial charge in [0.1, 0.15) is 30.2 Å². The SMILES string of the molecule is CC(C)[C@H](NC(=O)[C@@H](NC(=O)[C@@H]1CSCCCCCC(=O)N[C@@H](CCNc2ccc3ccccc3c2)C(=O)N1)[C@@H](C)O)C(=O)N[C@H](C(=O)NCCc1ccccc1)[C@@H](C)O. The van der Waals surface area contributed by atoms with Crippen LogP contribution in [0, 0.1) is 5.92 Å². The van der Waals surface area contributed by atoms with Crippen molar-refractivity contribution in [3.8, 4) is 0 Å². The van der Waals surface area contributed by atoms with E-state index in [0.717, 1.165) is 34.9 Å². The molecule has 16 heteroatoms. The molecule has 1 heterocycles. The van der Waals surface area contributed by atoms with Crippen LogP contribution in [0.5, 0.6) is 0 Å². The zero-order valence-corrected chi connectivity index (χ0v) is 35.7. The first-order valence-corrected chi connectivity index (χ1v) is 21.9. The third kappa shape index (κ3) is 15.1. The Hall–Kier alpha value is -5.19. The van der Waals surface area contributed by atoms with Crippen molar-refractivity contribution in [2.75, 3.05) is 29.9 Å². The van der Waals surface area contributed by atoms with E-state index in [4.69, 9.17) is 0 Å². The minimum Gasteiger partial charge on any atom is -0.391 e. The number of amides is 6. The molecule has 326 valence electrons. The van der Waals surface area contributed by atoms with Gasteiger partial charge in [-0.1, -0.05) is 80.9 Å². The van der Waals surface area contributed by atoms with Gasteiger partial charge in [0.15, 0.2) is 0 Å². The first-order valence-electron chi connectivity index (χ1n) is 20.7. The lowest BCUT2D eigenvalue weighted by atomic mass is 10.0. The molecule has 0 saturated carbocycles. The summed E-state index contributed by atoms with van der Waals surface area (Å²) in [5.41, 5.74) is 1.85. The van der Waals surface area contributed by atoms with E-state index in [0.29, 0.717) is 25.1 Å². The van der Waals surface area contributed by atoms with Crippen molar-refractivity contribution in [2.45, 2.75) is 109 Å². The average Bonchev–Trinajstić information content (AvgIpc) is 3.23. The van der Waals surface area contributed by atoms with Crippen LogP contribution in [0.3, 0.4) is 0 Å². The summed E-state index contributed by atoms with van der Waals surface area (Å²) < 4.78 is 0. The van der Waals surface area contributed by atoms with Crippen LogP contribution in [0.4, 0.5) is 5.69 Å². The predicted molar refractivity (Wildman–Crippen MR) is 234 cm³/mol. The second-order valence-corrected chi connectivity index (χ2v) is 16.7. The summed E-state index contributed by atoms with van der Waals surface area (Å²) in [5, 5.41) is 42.6. The number of rotatable bonds is 17. The number of carbonyl (C=O) groups is 6. The van der Waals surface area contributed by atoms with Gasteiger partial charge in [-0.2, -0.15) is 11.8 Å². The van der Waals surface area contributed by atoms with Crippen molar-refractivity contribution in [2.24, 2.45) is 5.92 Å². The van der Waals surface area contributed by atoms with E-state index in [1.807, 2.05) is 72.8 Å². The number of fused-ring (bicyclic) bond motifs is 1. The van der Waals surface area contributed by atoms with Gasteiger partial charge in [-0.05, 0) is 79.7 Å². The number of thioether (sulfide) groups is 1. The summed E-state index contributed by atoms with van der Waals surface area (Å²) >= 11 is 1.44. The zero-order valence-electron chi connectivity index (χ0n) is 34.9. The standard InChI is InChI=1S/C44H61N7O8S/c1-27(2)37(43(58)51-38(28(3)52)42(57)46-22-20-30-13-7-5-8-14-30)49-44(59)39(29(4)53)50-41(56)35-26-60-24-12-6-9-17-36(54)47-34(40(55)48-35)21-23-45-33-19-18-31-15-10-11-16-32(31)25-33/h5,7-8,10-11,13-16,18-19,25,27-29,34-35,37-39,45,52-53H,6,9,12,17,20-24,26H2,1-4H3,(H,46,57)(H,47,54)(H,48,55)(H,49,59)(H,50,56)(H,51,58)/t28-,29-,34+,35+,37+,38+,39+/m1/s1. The zero-order chi connectivity index (χ0) is 43.6. The molecular weight excluding hydrogens is 787 g/mol. The quantitative estimate of drug-likeness (QED) is 0.0963. The van der Waals surface area contributed by atoms with Crippen LogP contribution in [0.15, 0.2) is 72.8 Å². The van der Waals surface area contributed by atoms with Crippen LogP contribution < -0.4 is 37.2 Å². The first-order chi connectivity index (χ1) is 28.7. The molecule has 4 rings (SSSR count). The molecule has 0 aliphatic carbocycles. The molecule has 6 amide bonds. The molecule has 3 aromatic rings. The number of carbonyl (C=O) groups excluding carboxylic acids is 6. The van der Waals surface area contributed by atoms with Crippen molar-refractivity contribution in [1.82, 2.24) is 31.9 Å². The maximum Gasteiger partial charge on any atom is 0.245 e. The number of hydrogen-bond acceptors (Lipinski definition) is 10. The second-order valence-electron chi connectivity index (χ2n) is 15.6. The molecular formula is C44H61N7O8S. The highest BCUT2D eigenvalue weighted by atomic mass is 32.2.